The number of nitrogens with one attached hydrogen (secondary N) is 1. The molecule has 0 spiro atoms. The molecule has 0 amide bonds. The molecule has 0 aliphatic carbocycles. The maximum absolute atomic E-state index is 14.6. The first kappa shape index (κ1) is 23.9. The maximum atomic E-state index is 14.6. The molecule has 0 unspecified atom stereocenters. The Morgan fingerprint density at radius 1 is 0.914 bits per heavy atom. The molecule has 2 heterocycles. The molecule has 2 aromatic carbocycles. The van der Waals surface area contributed by atoms with Gasteiger partial charge in [-0.1, -0.05) is 0 Å². The molecule has 0 aliphatic rings. The summed E-state index contributed by atoms with van der Waals surface area (Å²) in [5.41, 5.74) is -2.74. The van der Waals surface area contributed by atoms with Gasteiger partial charge in [0.1, 0.15) is 11.6 Å². The zero-order valence-electron chi connectivity index (χ0n) is 17.9. The van der Waals surface area contributed by atoms with E-state index in [-0.39, 0.29) is 27.9 Å². The highest BCUT2D eigenvalue weighted by Crippen LogP contribution is 2.44. The highest BCUT2D eigenvalue weighted by molar-refractivity contribution is 5.85. The summed E-state index contributed by atoms with van der Waals surface area (Å²) in [5, 5.41) is 0.102. The van der Waals surface area contributed by atoms with Gasteiger partial charge in [0, 0.05) is 18.0 Å². The largest absolute Gasteiger partial charge is 0.491 e. The Balaban J connectivity index is 2.03. The minimum Gasteiger partial charge on any atom is -0.491 e. The van der Waals surface area contributed by atoms with Crippen LogP contribution in [0.15, 0.2) is 47.5 Å². The molecule has 1 N–H and O–H groups in total. The number of pyridine rings is 2. The SMILES string of the molecule is COc1c(Oc2cc(C(F)(F)F)c(F)cc2-c2[nH]c3ccncc3c(=O)c2OC)ccc(F)c1F. The van der Waals surface area contributed by atoms with Gasteiger partial charge in [0.15, 0.2) is 17.3 Å². The van der Waals surface area contributed by atoms with Gasteiger partial charge in [-0.15, -0.1) is 0 Å². The standard InChI is InChI=1S/C23H14F6N2O4/c1-33-21-16(4-3-13(24)18(21)26)35-17-8-12(23(27,28)29)14(25)7-10(17)19-22(34-2)20(32)11-9-30-6-5-15(11)31-19/h3-9H,1-2H3,(H,31,32). The topological polar surface area (TPSA) is 73.4 Å². The second kappa shape index (κ2) is 8.85. The van der Waals surface area contributed by atoms with Crippen LogP contribution in [-0.4, -0.2) is 24.2 Å². The number of ether oxygens (including phenoxy) is 3. The molecule has 0 saturated carbocycles. The molecule has 0 aliphatic heterocycles. The summed E-state index contributed by atoms with van der Waals surface area (Å²) in [6.45, 7) is 0. The van der Waals surface area contributed by atoms with Crippen molar-refractivity contribution in [1.82, 2.24) is 9.97 Å². The Kier molecular flexibility index (Phi) is 6.05. The first-order chi connectivity index (χ1) is 16.6. The van der Waals surface area contributed by atoms with Crippen molar-refractivity contribution in [2.75, 3.05) is 14.2 Å². The zero-order valence-corrected chi connectivity index (χ0v) is 17.9. The van der Waals surface area contributed by atoms with Crippen LogP contribution in [0.4, 0.5) is 26.3 Å². The Morgan fingerprint density at radius 2 is 1.63 bits per heavy atom. The average molecular weight is 496 g/mol. The van der Waals surface area contributed by atoms with Crippen molar-refractivity contribution in [3.63, 3.8) is 0 Å². The van der Waals surface area contributed by atoms with Gasteiger partial charge in [-0.25, -0.2) is 8.78 Å². The normalized spacial score (nSPS) is 11.5. The highest BCUT2D eigenvalue weighted by atomic mass is 19.4. The van der Waals surface area contributed by atoms with Crippen molar-refractivity contribution in [3.8, 4) is 34.3 Å². The van der Waals surface area contributed by atoms with E-state index in [4.69, 9.17) is 14.2 Å². The fourth-order valence-corrected chi connectivity index (χ4v) is 3.45. The van der Waals surface area contributed by atoms with E-state index in [1.807, 2.05) is 0 Å². The van der Waals surface area contributed by atoms with Crippen LogP contribution in [0.1, 0.15) is 5.56 Å². The average Bonchev–Trinajstić information content (AvgIpc) is 2.81. The fourth-order valence-electron chi connectivity index (χ4n) is 3.45. The number of benzene rings is 2. The van der Waals surface area contributed by atoms with Gasteiger partial charge < -0.3 is 19.2 Å². The van der Waals surface area contributed by atoms with Crippen molar-refractivity contribution < 1.29 is 40.6 Å². The lowest BCUT2D eigenvalue weighted by atomic mass is 10.0. The van der Waals surface area contributed by atoms with Gasteiger partial charge in [0.25, 0.3) is 0 Å². The molecule has 2 aromatic heterocycles. The predicted molar refractivity (Wildman–Crippen MR) is 112 cm³/mol. The van der Waals surface area contributed by atoms with E-state index < -0.39 is 51.9 Å². The van der Waals surface area contributed by atoms with Gasteiger partial charge >= 0.3 is 6.18 Å². The van der Waals surface area contributed by atoms with Crippen LogP contribution in [0.2, 0.25) is 0 Å². The van der Waals surface area contributed by atoms with Crippen molar-refractivity contribution in [2.24, 2.45) is 0 Å². The number of H-pyrrole nitrogens is 1. The number of halogens is 6. The molecule has 0 fully saturated rings. The summed E-state index contributed by atoms with van der Waals surface area (Å²) < 4.78 is 98.2. The van der Waals surface area contributed by atoms with Crippen molar-refractivity contribution in [1.29, 1.82) is 0 Å². The van der Waals surface area contributed by atoms with Crippen LogP contribution >= 0.6 is 0 Å². The van der Waals surface area contributed by atoms with Crippen molar-refractivity contribution in [3.05, 3.63) is 76.0 Å². The molecule has 182 valence electrons. The quantitative estimate of drug-likeness (QED) is 0.352. The fraction of sp³-hybridized carbons (Fsp3) is 0.130. The number of hydrogen-bond acceptors (Lipinski definition) is 5. The van der Waals surface area contributed by atoms with Gasteiger partial charge in [0.2, 0.25) is 17.0 Å². The Labute approximate surface area is 192 Å². The third-order valence-electron chi connectivity index (χ3n) is 5.04. The third-order valence-corrected chi connectivity index (χ3v) is 5.04. The molecular weight excluding hydrogens is 482 g/mol. The minimum absolute atomic E-state index is 0.102. The monoisotopic (exact) mass is 496 g/mol. The molecule has 6 nitrogen and oxygen atoms in total. The highest BCUT2D eigenvalue weighted by Gasteiger charge is 2.36. The Morgan fingerprint density at radius 3 is 2.29 bits per heavy atom. The van der Waals surface area contributed by atoms with Gasteiger partial charge in [-0.3, -0.25) is 9.78 Å². The number of fused-ring (bicyclic) bond motifs is 1. The summed E-state index contributed by atoms with van der Waals surface area (Å²) >= 11 is 0. The zero-order chi connectivity index (χ0) is 25.5. The lowest BCUT2D eigenvalue weighted by Gasteiger charge is -2.18. The molecule has 0 saturated heterocycles. The molecule has 4 rings (SSSR count). The Hall–Kier alpha value is -4.22. The molecule has 0 atom stereocenters. The minimum atomic E-state index is -5.12. The van der Waals surface area contributed by atoms with Crippen molar-refractivity contribution in [2.45, 2.75) is 6.18 Å². The number of aromatic nitrogens is 2. The number of nitrogens with zero attached hydrogens (tertiary/aromatic N) is 1. The maximum Gasteiger partial charge on any atom is 0.419 e. The predicted octanol–water partition coefficient (Wildman–Crippen LogP) is 5.84. The number of rotatable bonds is 5. The van der Waals surface area contributed by atoms with E-state index in [0.717, 1.165) is 20.3 Å². The number of aromatic amines is 1. The van der Waals surface area contributed by atoms with Gasteiger partial charge in [-0.05, 0) is 30.3 Å². The smallest absolute Gasteiger partial charge is 0.419 e. The molecule has 4 aromatic rings. The van der Waals surface area contributed by atoms with E-state index in [1.165, 1.54) is 18.5 Å². The Bertz CT molecular complexity index is 1500. The van der Waals surface area contributed by atoms with Crippen LogP contribution in [0.3, 0.4) is 0 Å². The van der Waals surface area contributed by atoms with E-state index in [9.17, 15) is 31.1 Å². The summed E-state index contributed by atoms with van der Waals surface area (Å²) in [6, 6.07) is 3.83. The number of methoxy groups -OCH3 is 2. The molecule has 35 heavy (non-hydrogen) atoms. The van der Waals surface area contributed by atoms with Crippen LogP contribution in [0, 0.1) is 17.5 Å². The molecule has 12 heteroatoms. The van der Waals surface area contributed by atoms with E-state index in [1.54, 1.807) is 0 Å². The van der Waals surface area contributed by atoms with Crippen LogP contribution in [0.5, 0.6) is 23.0 Å². The number of alkyl halides is 3. The van der Waals surface area contributed by atoms with E-state index >= 15 is 0 Å². The lowest BCUT2D eigenvalue weighted by Crippen LogP contribution is -2.12. The van der Waals surface area contributed by atoms with Crippen molar-refractivity contribution >= 4 is 10.9 Å². The first-order valence-electron chi connectivity index (χ1n) is 9.71. The molecule has 0 bridgehead atoms. The second-order valence-corrected chi connectivity index (χ2v) is 7.10. The molecular formula is C23H14F6N2O4. The van der Waals surface area contributed by atoms with Crippen LogP contribution in [-0.2, 0) is 6.18 Å². The van der Waals surface area contributed by atoms with Gasteiger partial charge in [-0.2, -0.15) is 17.6 Å². The van der Waals surface area contributed by atoms with E-state index in [2.05, 4.69) is 9.97 Å². The number of hydrogen-bond donors (Lipinski definition) is 1. The summed E-state index contributed by atoms with van der Waals surface area (Å²) in [6.07, 6.45) is -2.52. The van der Waals surface area contributed by atoms with Crippen LogP contribution in [0.25, 0.3) is 22.2 Å². The first-order valence-corrected chi connectivity index (χ1v) is 9.71. The summed E-state index contributed by atoms with van der Waals surface area (Å²) in [4.78, 5) is 19.6. The van der Waals surface area contributed by atoms with Crippen LogP contribution < -0.4 is 19.6 Å². The van der Waals surface area contributed by atoms with E-state index in [0.29, 0.717) is 18.2 Å². The molecule has 0 radical (unpaired) electrons. The second-order valence-electron chi connectivity index (χ2n) is 7.10. The van der Waals surface area contributed by atoms with Gasteiger partial charge in [0.05, 0.1) is 36.4 Å². The summed E-state index contributed by atoms with van der Waals surface area (Å²) in [5.74, 6) is -6.67. The lowest BCUT2D eigenvalue weighted by molar-refractivity contribution is -0.140. The third kappa shape index (κ3) is 4.22. The summed E-state index contributed by atoms with van der Waals surface area (Å²) in [7, 11) is 2.13.